The molecule has 0 aliphatic carbocycles. The molecule has 0 bridgehead atoms. The Bertz CT molecular complexity index is 1090. The van der Waals surface area contributed by atoms with Crippen molar-refractivity contribution >= 4 is 27.1 Å². The third-order valence-electron chi connectivity index (χ3n) is 4.49. The smallest absolute Gasteiger partial charge is 0.261 e. The van der Waals surface area contributed by atoms with E-state index in [0.717, 1.165) is 10.4 Å². The summed E-state index contributed by atoms with van der Waals surface area (Å²) in [6.45, 7) is 1.93. The third kappa shape index (κ3) is 2.95. The first-order valence-corrected chi connectivity index (χ1v) is 10.7. The van der Waals surface area contributed by atoms with E-state index in [1.807, 2.05) is 43.3 Å². The Morgan fingerprint density at radius 1 is 1.08 bits per heavy atom. The maximum absolute atomic E-state index is 12.7. The lowest BCUT2D eigenvalue weighted by molar-refractivity contribution is 0.0944. The van der Waals surface area contributed by atoms with Crippen LogP contribution in [-0.2, 0) is 15.6 Å². The second-order valence-corrected chi connectivity index (χ2v) is 9.34. The minimum absolute atomic E-state index is 0.0582. The Balaban J connectivity index is 1.66. The second-order valence-electron chi connectivity index (χ2n) is 6.33. The molecule has 3 aromatic rings. The first-order valence-electron chi connectivity index (χ1n) is 8.26. The van der Waals surface area contributed by atoms with Crippen LogP contribution < -0.4 is 5.32 Å². The summed E-state index contributed by atoms with van der Waals surface area (Å²) in [5.41, 5.74) is 2.41. The van der Waals surface area contributed by atoms with Crippen LogP contribution in [0.25, 0.3) is 10.4 Å². The molecule has 0 spiro atoms. The van der Waals surface area contributed by atoms with Gasteiger partial charge in [0.2, 0.25) is 0 Å². The summed E-state index contributed by atoms with van der Waals surface area (Å²) in [5, 5.41) is 2.99. The van der Waals surface area contributed by atoms with Crippen molar-refractivity contribution in [3.05, 3.63) is 76.7 Å². The zero-order valence-corrected chi connectivity index (χ0v) is 15.7. The highest BCUT2D eigenvalue weighted by Crippen LogP contribution is 2.42. The summed E-state index contributed by atoms with van der Waals surface area (Å²) in [7, 11) is -3.36. The second kappa shape index (κ2) is 6.37. The quantitative estimate of drug-likeness (QED) is 0.737. The monoisotopic (exact) mass is 383 g/mol. The van der Waals surface area contributed by atoms with Crippen molar-refractivity contribution in [3.63, 3.8) is 0 Å². The molecule has 0 saturated carbocycles. The molecule has 1 N–H and O–H groups in total. The summed E-state index contributed by atoms with van der Waals surface area (Å²) < 4.78 is 25.0. The van der Waals surface area contributed by atoms with Gasteiger partial charge in [0.05, 0.1) is 21.6 Å². The molecule has 0 fully saturated rings. The molecule has 1 aliphatic rings. The van der Waals surface area contributed by atoms with Crippen LogP contribution >= 0.6 is 11.3 Å². The summed E-state index contributed by atoms with van der Waals surface area (Å²) in [6, 6.07) is 18.3. The summed E-state index contributed by atoms with van der Waals surface area (Å²) in [5.74, 6) is -0.243. The SMILES string of the molecule is C[C@H](NC(=O)c1cc2c(s1)-c1ccccc1S(=O)(=O)C2)c1ccccc1. The topological polar surface area (TPSA) is 63.2 Å². The van der Waals surface area contributed by atoms with Crippen LogP contribution in [0.15, 0.2) is 65.6 Å². The molecule has 1 atom stereocenters. The molecule has 1 amide bonds. The van der Waals surface area contributed by atoms with Gasteiger partial charge in [-0.05, 0) is 30.2 Å². The zero-order chi connectivity index (χ0) is 18.3. The van der Waals surface area contributed by atoms with Gasteiger partial charge in [0.25, 0.3) is 5.91 Å². The number of hydrogen-bond acceptors (Lipinski definition) is 4. The molecular formula is C20H17NO3S2. The molecule has 0 saturated heterocycles. The van der Waals surface area contributed by atoms with Crippen LogP contribution in [0.2, 0.25) is 0 Å². The van der Waals surface area contributed by atoms with Gasteiger partial charge in [0, 0.05) is 10.4 Å². The van der Waals surface area contributed by atoms with Crippen LogP contribution in [0.4, 0.5) is 0 Å². The van der Waals surface area contributed by atoms with Gasteiger partial charge < -0.3 is 5.32 Å². The number of sulfone groups is 1. The fraction of sp³-hybridized carbons (Fsp3) is 0.150. The van der Waals surface area contributed by atoms with Crippen LogP contribution in [0.3, 0.4) is 0 Å². The average molecular weight is 383 g/mol. The van der Waals surface area contributed by atoms with Crippen LogP contribution in [0.5, 0.6) is 0 Å². The maximum atomic E-state index is 12.7. The maximum Gasteiger partial charge on any atom is 0.261 e. The number of amides is 1. The summed E-state index contributed by atoms with van der Waals surface area (Å²) >= 11 is 1.35. The van der Waals surface area contributed by atoms with Gasteiger partial charge in [-0.15, -0.1) is 11.3 Å². The molecular weight excluding hydrogens is 366 g/mol. The van der Waals surface area contributed by atoms with Gasteiger partial charge in [0.15, 0.2) is 9.84 Å². The molecule has 2 heterocycles. The number of fused-ring (bicyclic) bond motifs is 3. The van der Waals surface area contributed by atoms with Crippen LogP contribution in [0, 0.1) is 0 Å². The molecule has 6 heteroatoms. The van der Waals surface area contributed by atoms with E-state index < -0.39 is 9.84 Å². The molecule has 1 aliphatic heterocycles. The molecule has 2 aromatic carbocycles. The van der Waals surface area contributed by atoms with E-state index in [-0.39, 0.29) is 17.7 Å². The van der Waals surface area contributed by atoms with Gasteiger partial charge in [-0.25, -0.2) is 8.42 Å². The van der Waals surface area contributed by atoms with Gasteiger partial charge >= 0.3 is 0 Å². The highest BCUT2D eigenvalue weighted by Gasteiger charge is 2.30. The molecule has 4 nitrogen and oxygen atoms in total. The average Bonchev–Trinajstić information content (AvgIpc) is 3.06. The highest BCUT2D eigenvalue weighted by atomic mass is 32.2. The van der Waals surface area contributed by atoms with E-state index in [4.69, 9.17) is 0 Å². The van der Waals surface area contributed by atoms with E-state index in [1.54, 1.807) is 24.3 Å². The minimum Gasteiger partial charge on any atom is -0.345 e. The fourth-order valence-corrected chi connectivity index (χ4v) is 6.04. The molecule has 132 valence electrons. The Morgan fingerprint density at radius 2 is 1.77 bits per heavy atom. The predicted octanol–water partition coefficient (Wildman–Crippen LogP) is 4.19. The molecule has 0 radical (unpaired) electrons. The van der Waals surface area contributed by atoms with Crippen LogP contribution in [0.1, 0.15) is 33.8 Å². The van der Waals surface area contributed by atoms with E-state index in [2.05, 4.69) is 5.32 Å². The third-order valence-corrected chi connectivity index (χ3v) is 7.42. The van der Waals surface area contributed by atoms with Crippen molar-refractivity contribution in [1.82, 2.24) is 5.32 Å². The van der Waals surface area contributed by atoms with Gasteiger partial charge in [-0.2, -0.15) is 0 Å². The van der Waals surface area contributed by atoms with E-state index in [1.165, 1.54) is 11.3 Å². The Kier molecular flexibility index (Phi) is 4.17. The molecule has 26 heavy (non-hydrogen) atoms. The standard InChI is InChI=1S/C20H17NO3S2/c1-13(14-7-3-2-4-8-14)21-20(22)17-11-15-12-26(23,24)18-10-6-5-9-16(18)19(15)25-17/h2-11,13H,12H2,1H3,(H,21,22)/t13-/m0/s1. The largest absolute Gasteiger partial charge is 0.345 e. The molecule has 1 aromatic heterocycles. The van der Waals surface area contributed by atoms with Crippen molar-refractivity contribution in [2.75, 3.05) is 0 Å². The summed E-state index contributed by atoms with van der Waals surface area (Å²) in [6.07, 6.45) is 0. The van der Waals surface area contributed by atoms with E-state index >= 15 is 0 Å². The highest BCUT2D eigenvalue weighted by molar-refractivity contribution is 7.91. The Labute approximate surface area is 156 Å². The Hall–Kier alpha value is -2.44. The lowest BCUT2D eigenvalue weighted by atomic mass is 10.1. The predicted molar refractivity (Wildman–Crippen MR) is 103 cm³/mol. The van der Waals surface area contributed by atoms with Crippen molar-refractivity contribution in [1.29, 1.82) is 0 Å². The first kappa shape index (κ1) is 17.0. The van der Waals surface area contributed by atoms with Gasteiger partial charge in [-0.1, -0.05) is 48.5 Å². The van der Waals surface area contributed by atoms with Crippen LogP contribution in [-0.4, -0.2) is 14.3 Å². The zero-order valence-electron chi connectivity index (χ0n) is 14.1. The molecule has 4 rings (SSSR count). The number of thiophene rings is 1. The van der Waals surface area contributed by atoms with Crippen molar-refractivity contribution in [3.8, 4) is 10.4 Å². The van der Waals surface area contributed by atoms with E-state index in [9.17, 15) is 13.2 Å². The number of benzene rings is 2. The number of carbonyl (C=O) groups is 1. The summed E-state index contributed by atoms with van der Waals surface area (Å²) in [4.78, 5) is 14.4. The van der Waals surface area contributed by atoms with Gasteiger partial charge in [0.1, 0.15) is 0 Å². The lowest BCUT2D eigenvalue weighted by Crippen LogP contribution is -2.25. The first-order chi connectivity index (χ1) is 12.5. The minimum atomic E-state index is -3.36. The number of carbonyl (C=O) groups excluding carboxylic acids is 1. The van der Waals surface area contributed by atoms with Crippen molar-refractivity contribution in [2.24, 2.45) is 0 Å². The lowest BCUT2D eigenvalue weighted by Gasteiger charge is -2.15. The fourth-order valence-electron chi connectivity index (χ4n) is 3.18. The van der Waals surface area contributed by atoms with Gasteiger partial charge in [-0.3, -0.25) is 4.79 Å². The number of rotatable bonds is 3. The molecule has 0 unspecified atom stereocenters. The van der Waals surface area contributed by atoms with Crippen molar-refractivity contribution in [2.45, 2.75) is 23.6 Å². The number of nitrogens with one attached hydrogen (secondary N) is 1. The number of hydrogen-bond donors (Lipinski definition) is 1. The normalized spacial score (nSPS) is 15.6. The Morgan fingerprint density at radius 3 is 2.54 bits per heavy atom. The van der Waals surface area contributed by atoms with Crippen molar-refractivity contribution < 1.29 is 13.2 Å². The van der Waals surface area contributed by atoms with E-state index in [0.29, 0.717) is 20.9 Å².